The summed E-state index contributed by atoms with van der Waals surface area (Å²) in [6.07, 6.45) is 1.65. The van der Waals surface area contributed by atoms with Gasteiger partial charge in [-0.2, -0.15) is 0 Å². The zero-order valence-corrected chi connectivity index (χ0v) is 16.8. The molecule has 27 heavy (non-hydrogen) atoms. The molecule has 0 atom stereocenters. The maximum atomic E-state index is 12.9. The van der Waals surface area contributed by atoms with Crippen LogP contribution in [0, 0.1) is 5.82 Å². The molecule has 0 spiro atoms. The molecule has 0 bridgehead atoms. The van der Waals surface area contributed by atoms with Crippen LogP contribution in [0.3, 0.4) is 0 Å². The summed E-state index contributed by atoms with van der Waals surface area (Å²) < 4.78 is 19.7. The topological polar surface area (TPSA) is 67.4 Å². The van der Waals surface area contributed by atoms with E-state index in [0.29, 0.717) is 26.2 Å². The van der Waals surface area contributed by atoms with E-state index in [1.807, 2.05) is 0 Å². The highest BCUT2D eigenvalue weighted by molar-refractivity contribution is 9.10. The highest BCUT2D eigenvalue weighted by Gasteiger charge is 2.22. The third-order valence-electron chi connectivity index (χ3n) is 3.39. The predicted octanol–water partition coefficient (Wildman–Crippen LogP) is 4.09. The zero-order chi connectivity index (χ0) is 19.4. The molecule has 0 aliphatic carbocycles. The average Bonchev–Trinajstić information content (AvgIpc) is 2.93. The van der Waals surface area contributed by atoms with Gasteiger partial charge in [-0.15, -0.1) is 0 Å². The van der Waals surface area contributed by atoms with Crippen molar-refractivity contribution in [3.05, 3.63) is 63.2 Å². The first-order chi connectivity index (χ1) is 12.9. The molecule has 5 nitrogen and oxygen atoms in total. The molecular weight excluding hydrogens is 455 g/mol. The number of rotatable bonds is 5. The summed E-state index contributed by atoms with van der Waals surface area (Å²) in [5.41, 5.74) is 1.09. The monoisotopic (exact) mass is 466 g/mol. The van der Waals surface area contributed by atoms with Gasteiger partial charge in [-0.25, -0.2) is 4.39 Å². The maximum absolute atomic E-state index is 12.9. The van der Waals surface area contributed by atoms with Gasteiger partial charge in [-0.3, -0.25) is 9.59 Å². The minimum atomic E-state index is -0.391. The van der Waals surface area contributed by atoms with Crippen LogP contribution in [0.25, 0.3) is 6.08 Å². The molecule has 0 saturated carbocycles. The summed E-state index contributed by atoms with van der Waals surface area (Å²) in [4.78, 5) is 24.3. The van der Waals surface area contributed by atoms with Gasteiger partial charge in [-0.1, -0.05) is 39.9 Å². The fourth-order valence-corrected chi connectivity index (χ4v) is 3.61. The SMILES string of the molecule is O=C(COc1ccc(Br)cc1/C=C1\SC(=S)NC1=O)Nc1ccc(F)cc1. The molecule has 0 radical (unpaired) electrons. The van der Waals surface area contributed by atoms with Crippen LogP contribution in [-0.4, -0.2) is 22.7 Å². The van der Waals surface area contributed by atoms with Gasteiger partial charge in [0, 0.05) is 15.7 Å². The second-order valence-electron chi connectivity index (χ2n) is 5.38. The molecule has 1 fully saturated rings. The first kappa shape index (κ1) is 19.5. The Bertz CT molecular complexity index is 948. The second-order valence-corrected chi connectivity index (χ2v) is 8.01. The van der Waals surface area contributed by atoms with Crippen LogP contribution in [0.4, 0.5) is 10.1 Å². The quantitative estimate of drug-likeness (QED) is 0.512. The van der Waals surface area contributed by atoms with Crippen LogP contribution < -0.4 is 15.4 Å². The van der Waals surface area contributed by atoms with Crippen molar-refractivity contribution in [1.82, 2.24) is 5.32 Å². The highest BCUT2D eigenvalue weighted by atomic mass is 79.9. The van der Waals surface area contributed by atoms with Crippen LogP contribution in [0.5, 0.6) is 5.75 Å². The van der Waals surface area contributed by atoms with E-state index in [9.17, 15) is 14.0 Å². The van der Waals surface area contributed by atoms with E-state index in [1.54, 1.807) is 24.3 Å². The number of nitrogens with one attached hydrogen (secondary N) is 2. The molecular formula is C18H12BrFN2O3S2. The van der Waals surface area contributed by atoms with E-state index in [2.05, 4.69) is 26.6 Å². The fourth-order valence-electron chi connectivity index (χ4n) is 2.20. The van der Waals surface area contributed by atoms with E-state index in [1.165, 1.54) is 24.3 Å². The van der Waals surface area contributed by atoms with Gasteiger partial charge >= 0.3 is 0 Å². The number of thioether (sulfide) groups is 1. The summed E-state index contributed by atoms with van der Waals surface area (Å²) in [5.74, 6) is -0.612. The Kier molecular flexibility index (Phi) is 6.25. The number of hydrogen-bond acceptors (Lipinski definition) is 5. The molecule has 2 aromatic carbocycles. The van der Waals surface area contributed by atoms with Crippen LogP contribution in [0.1, 0.15) is 5.56 Å². The molecule has 2 amide bonds. The van der Waals surface area contributed by atoms with Gasteiger partial charge < -0.3 is 15.4 Å². The molecule has 138 valence electrons. The van der Waals surface area contributed by atoms with Crippen molar-refractivity contribution in [3.8, 4) is 5.75 Å². The normalized spacial score (nSPS) is 15.0. The molecule has 1 heterocycles. The molecule has 2 N–H and O–H groups in total. The summed E-state index contributed by atoms with van der Waals surface area (Å²) in [6, 6.07) is 10.7. The fraction of sp³-hybridized carbons (Fsp3) is 0.0556. The van der Waals surface area contributed by atoms with Crippen LogP contribution >= 0.6 is 39.9 Å². The third kappa shape index (κ3) is 5.38. The minimum absolute atomic E-state index is 0.243. The first-order valence-corrected chi connectivity index (χ1v) is 9.65. The predicted molar refractivity (Wildman–Crippen MR) is 111 cm³/mol. The lowest BCUT2D eigenvalue weighted by Crippen LogP contribution is -2.20. The van der Waals surface area contributed by atoms with Crippen molar-refractivity contribution >= 4 is 67.8 Å². The zero-order valence-electron chi connectivity index (χ0n) is 13.6. The Balaban J connectivity index is 1.70. The van der Waals surface area contributed by atoms with Crippen molar-refractivity contribution in [1.29, 1.82) is 0 Å². The molecule has 3 rings (SSSR count). The molecule has 0 aromatic heterocycles. The Morgan fingerprint density at radius 2 is 2.04 bits per heavy atom. The molecule has 1 saturated heterocycles. The highest BCUT2D eigenvalue weighted by Crippen LogP contribution is 2.31. The lowest BCUT2D eigenvalue weighted by Gasteiger charge is -2.10. The molecule has 2 aromatic rings. The van der Waals surface area contributed by atoms with Crippen LogP contribution in [0.2, 0.25) is 0 Å². The smallest absolute Gasteiger partial charge is 0.263 e. The minimum Gasteiger partial charge on any atom is -0.483 e. The Labute approximate surface area is 172 Å². The molecule has 9 heteroatoms. The van der Waals surface area contributed by atoms with Crippen molar-refractivity contribution in [3.63, 3.8) is 0 Å². The number of halogens is 2. The van der Waals surface area contributed by atoms with Crippen LogP contribution in [0.15, 0.2) is 51.8 Å². The van der Waals surface area contributed by atoms with E-state index < -0.39 is 5.91 Å². The van der Waals surface area contributed by atoms with Gasteiger partial charge in [-0.05, 0) is 48.5 Å². The summed E-state index contributed by atoms with van der Waals surface area (Å²) in [7, 11) is 0. The first-order valence-electron chi connectivity index (χ1n) is 7.63. The summed E-state index contributed by atoms with van der Waals surface area (Å²) >= 11 is 9.51. The number of thiocarbonyl (C=S) groups is 1. The number of hydrogen-bond donors (Lipinski definition) is 2. The lowest BCUT2D eigenvalue weighted by atomic mass is 10.2. The summed E-state index contributed by atoms with van der Waals surface area (Å²) in [6.45, 7) is -0.243. The second kappa shape index (κ2) is 8.64. The number of carbonyl (C=O) groups is 2. The standard InChI is InChI=1S/C18H12BrFN2O3S2/c19-11-1-6-14(10(7-11)8-15-17(24)22-18(26)27-15)25-9-16(23)21-13-4-2-12(20)3-5-13/h1-8H,9H2,(H,21,23)(H,22,24,26)/b15-8-. The van der Waals surface area contributed by atoms with Gasteiger partial charge in [0.1, 0.15) is 15.9 Å². The van der Waals surface area contributed by atoms with Gasteiger partial charge in [0.15, 0.2) is 6.61 Å². The number of anilines is 1. The Hall–Kier alpha value is -2.23. The van der Waals surface area contributed by atoms with E-state index in [0.717, 1.165) is 16.2 Å². The molecule has 1 aliphatic heterocycles. The molecule has 0 unspecified atom stereocenters. The van der Waals surface area contributed by atoms with Crippen molar-refractivity contribution in [2.45, 2.75) is 0 Å². The number of amides is 2. The van der Waals surface area contributed by atoms with Gasteiger partial charge in [0.25, 0.3) is 11.8 Å². The largest absolute Gasteiger partial charge is 0.483 e. The van der Waals surface area contributed by atoms with E-state index >= 15 is 0 Å². The summed E-state index contributed by atoms with van der Waals surface area (Å²) in [5, 5.41) is 5.16. The van der Waals surface area contributed by atoms with E-state index in [4.69, 9.17) is 17.0 Å². The van der Waals surface area contributed by atoms with Crippen molar-refractivity contribution < 1.29 is 18.7 Å². The lowest BCUT2D eigenvalue weighted by molar-refractivity contribution is -0.118. The average molecular weight is 467 g/mol. The molecule has 1 aliphatic rings. The number of ether oxygens (including phenoxy) is 1. The van der Waals surface area contributed by atoms with E-state index in [-0.39, 0.29) is 18.3 Å². The third-order valence-corrected chi connectivity index (χ3v) is 5.04. The van der Waals surface area contributed by atoms with Crippen molar-refractivity contribution in [2.75, 3.05) is 11.9 Å². The Morgan fingerprint density at radius 1 is 1.30 bits per heavy atom. The number of benzene rings is 2. The maximum Gasteiger partial charge on any atom is 0.263 e. The van der Waals surface area contributed by atoms with Gasteiger partial charge in [0.05, 0.1) is 4.91 Å². The number of carbonyl (C=O) groups excluding carboxylic acids is 2. The van der Waals surface area contributed by atoms with Crippen molar-refractivity contribution in [2.24, 2.45) is 0 Å². The Morgan fingerprint density at radius 3 is 2.70 bits per heavy atom. The van der Waals surface area contributed by atoms with Gasteiger partial charge in [0.2, 0.25) is 0 Å². The van der Waals surface area contributed by atoms with Crippen LogP contribution in [-0.2, 0) is 9.59 Å².